The molecule has 3 aromatic heterocycles. The number of hydrogen-bond acceptors (Lipinski definition) is 5. The summed E-state index contributed by atoms with van der Waals surface area (Å²) in [7, 11) is 0. The predicted molar refractivity (Wildman–Crippen MR) is 141 cm³/mol. The Balaban J connectivity index is 0.00000235. The van der Waals surface area contributed by atoms with Gasteiger partial charge in [-0.25, -0.2) is 18.4 Å². The van der Waals surface area contributed by atoms with Gasteiger partial charge in [0, 0.05) is 30.2 Å². The average molecular weight is 512 g/mol. The van der Waals surface area contributed by atoms with Crippen molar-refractivity contribution < 1.29 is 18.3 Å². The molecule has 0 bridgehead atoms. The summed E-state index contributed by atoms with van der Waals surface area (Å²) in [6, 6.07) is 4.49. The van der Waals surface area contributed by atoms with Crippen LogP contribution in [0.2, 0.25) is 0 Å². The minimum Gasteiger partial charge on any atom is -0.487 e. The maximum absolute atomic E-state index is 14.0. The van der Waals surface area contributed by atoms with Gasteiger partial charge in [-0.15, -0.1) is 0 Å². The zero-order valence-corrected chi connectivity index (χ0v) is 22.7. The van der Waals surface area contributed by atoms with Gasteiger partial charge in [-0.1, -0.05) is 27.7 Å². The second-order valence-electron chi connectivity index (χ2n) is 8.66. The fourth-order valence-electron chi connectivity index (χ4n) is 3.28. The van der Waals surface area contributed by atoms with Gasteiger partial charge < -0.3 is 4.74 Å². The molecule has 0 saturated heterocycles. The van der Waals surface area contributed by atoms with E-state index in [1.54, 1.807) is 29.9 Å². The maximum Gasteiger partial charge on any atom is 0.218 e. The Bertz CT molecular complexity index is 1280. The van der Waals surface area contributed by atoms with Gasteiger partial charge in [-0.05, 0) is 56.9 Å². The molecule has 3 rings (SSSR count). The number of rotatable bonds is 9. The fraction of sp³-hybridized carbons (Fsp3) is 0.357. The van der Waals surface area contributed by atoms with Gasteiger partial charge in [-0.2, -0.15) is 5.10 Å². The summed E-state index contributed by atoms with van der Waals surface area (Å²) in [5.74, 6) is -0.241. The van der Waals surface area contributed by atoms with Crippen LogP contribution in [0.3, 0.4) is 0 Å². The Kier molecular flexibility index (Phi) is 10.7. The van der Waals surface area contributed by atoms with Crippen LogP contribution < -0.4 is 4.90 Å². The monoisotopic (exact) mass is 511 g/mol. The van der Waals surface area contributed by atoms with Crippen molar-refractivity contribution in [2.24, 2.45) is 0 Å². The molecule has 37 heavy (non-hydrogen) atoms. The Morgan fingerprint density at radius 2 is 1.84 bits per heavy atom. The number of amides is 1. The summed E-state index contributed by atoms with van der Waals surface area (Å²) in [4.78, 5) is 21.8. The predicted octanol–water partition coefficient (Wildman–Crippen LogP) is 6.78. The Morgan fingerprint density at radius 3 is 2.41 bits per heavy atom. The highest BCUT2D eigenvalue weighted by Gasteiger charge is 2.15. The lowest BCUT2D eigenvalue weighted by molar-refractivity contribution is -0.107. The molecular formula is C28H35F2N5O2. The molecule has 0 unspecified atom stereocenters. The van der Waals surface area contributed by atoms with Gasteiger partial charge in [0.25, 0.3) is 0 Å². The SMILES string of the molecule is CC.CC(C)=C(/C=C(/C)N(C=O)c1cc(-n2ccc(C(C)C)n2)ncc1C)OCc1ncc(F)cc1F. The molecule has 0 atom stereocenters. The Morgan fingerprint density at radius 1 is 1.14 bits per heavy atom. The first kappa shape index (κ1) is 29.4. The summed E-state index contributed by atoms with van der Waals surface area (Å²) < 4.78 is 34.5. The van der Waals surface area contributed by atoms with Crippen molar-refractivity contribution in [3.8, 4) is 5.82 Å². The van der Waals surface area contributed by atoms with E-state index in [1.165, 1.54) is 4.90 Å². The number of nitrogens with zero attached hydrogens (tertiary/aromatic N) is 5. The fourth-order valence-corrected chi connectivity index (χ4v) is 3.28. The average Bonchev–Trinajstić information content (AvgIpc) is 3.36. The van der Waals surface area contributed by atoms with Crippen molar-refractivity contribution in [1.29, 1.82) is 0 Å². The van der Waals surface area contributed by atoms with Gasteiger partial charge in [0.2, 0.25) is 6.41 Å². The normalized spacial score (nSPS) is 11.1. The lowest BCUT2D eigenvalue weighted by Gasteiger charge is -2.22. The highest BCUT2D eigenvalue weighted by molar-refractivity contribution is 5.81. The van der Waals surface area contributed by atoms with Gasteiger partial charge in [0.15, 0.2) is 11.6 Å². The molecule has 9 heteroatoms. The molecule has 1 amide bonds. The molecule has 0 fully saturated rings. The lowest BCUT2D eigenvalue weighted by Crippen LogP contribution is -2.20. The van der Waals surface area contributed by atoms with Crippen LogP contribution in [-0.2, 0) is 16.1 Å². The Labute approximate surface area is 217 Å². The van der Waals surface area contributed by atoms with Crippen LogP contribution in [-0.4, -0.2) is 26.2 Å². The molecule has 0 N–H and O–H groups in total. The number of carbonyl (C=O) groups is 1. The van der Waals surface area contributed by atoms with E-state index >= 15 is 0 Å². The first-order chi connectivity index (χ1) is 17.6. The van der Waals surface area contributed by atoms with Gasteiger partial charge in [0.1, 0.15) is 23.9 Å². The van der Waals surface area contributed by atoms with Crippen molar-refractivity contribution in [3.05, 3.63) is 88.5 Å². The van der Waals surface area contributed by atoms with Crippen molar-refractivity contribution >= 4 is 12.1 Å². The first-order valence-electron chi connectivity index (χ1n) is 12.2. The first-order valence-corrected chi connectivity index (χ1v) is 12.2. The molecule has 0 aromatic carbocycles. The van der Waals surface area contributed by atoms with Crippen molar-refractivity contribution in [2.45, 2.75) is 67.9 Å². The van der Waals surface area contributed by atoms with E-state index < -0.39 is 11.6 Å². The number of halogens is 2. The van der Waals surface area contributed by atoms with E-state index in [1.807, 2.05) is 46.9 Å². The molecule has 198 valence electrons. The summed E-state index contributed by atoms with van der Waals surface area (Å²) in [6.45, 7) is 15.2. The molecule has 0 spiro atoms. The van der Waals surface area contributed by atoms with E-state index in [9.17, 15) is 13.6 Å². The van der Waals surface area contributed by atoms with Gasteiger partial charge >= 0.3 is 0 Å². The summed E-state index contributed by atoms with van der Waals surface area (Å²) >= 11 is 0. The molecule has 7 nitrogen and oxygen atoms in total. The highest BCUT2D eigenvalue weighted by atomic mass is 19.1. The topological polar surface area (TPSA) is 73.1 Å². The molecule has 3 aromatic rings. The molecule has 0 aliphatic carbocycles. The van der Waals surface area contributed by atoms with Crippen LogP contribution in [0.4, 0.5) is 14.5 Å². The maximum atomic E-state index is 14.0. The van der Waals surface area contributed by atoms with E-state index in [0.29, 0.717) is 29.4 Å². The minimum absolute atomic E-state index is 0.0157. The number of aryl methyl sites for hydroxylation is 1. The lowest BCUT2D eigenvalue weighted by atomic mass is 10.1. The molecular weight excluding hydrogens is 476 g/mol. The van der Waals surface area contributed by atoms with Crippen LogP contribution >= 0.6 is 0 Å². The van der Waals surface area contributed by atoms with Crippen molar-refractivity contribution in [1.82, 2.24) is 19.7 Å². The van der Waals surface area contributed by atoms with Gasteiger partial charge in [-0.3, -0.25) is 14.7 Å². The summed E-state index contributed by atoms with van der Waals surface area (Å²) in [5, 5.41) is 4.56. The van der Waals surface area contributed by atoms with Crippen LogP contribution in [0.25, 0.3) is 5.82 Å². The number of allylic oxidation sites excluding steroid dienone is 3. The number of anilines is 1. The van der Waals surface area contributed by atoms with Crippen LogP contribution in [0.1, 0.15) is 71.3 Å². The number of aromatic nitrogens is 4. The zero-order chi connectivity index (χ0) is 27.7. The molecule has 0 aliphatic heterocycles. The smallest absolute Gasteiger partial charge is 0.218 e. The number of carbonyl (C=O) groups excluding carboxylic acids is 1. The highest BCUT2D eigenvalue weighted by Crippen LogP contribution is 2.26. The number of pyridine rings is 2. The van der Waals surface area contributed by atoms with E-state index in [2.05, 4.69) is 28.9 Å². The van der Waals surface area contributed by atoms with E-state index in [-0.39, 0.29) is 18.2 Å². The second kappa shape index (κ2) is 13.4. The van der Waals surface area contributed by atoms with Gasteiger partial charge in [0.05, 0.1) is 17.6 Å². The largest absolute Gasteiger partial charge is 0.487 e. The third-order valence-corrected chi connectivity index (χ3v) is 5.32. The molecule has 0 saturated carbocycles. The molecule has 0 aliphatic rings. The summed E-state index contributed by atoms with van der Waals surface area (Å²) in [6.07, 6.45) is 6.86. The van der Waals surface area contributed by atoms with E-state index in [4.69, 9.17) is 4.74 Å². The third kappa shape index (κ3) is 7.55. The third-order valence-electron chi connectivity index (χ3n) is 5.32. The Hall–Kier alpha value is -3.88. The number of hydrogen-bond donors (Lipinski definition) is 0. The molecule has 0 radical (unpaired) electrons. The number of ether oxygens (including phenoxy) is 1. The quantitative estimate of drug-likeness (QED) is 0.180. The van der Waals surface area contributed by atoms with Crippen LogP contribution in [0.5, 0.6) is 0 Å². The molecule has 3 heterocycles. The van der Waals surface area contributed by atoms with Crippen LogP contribution in [0, 0.1) is 18.6 Å². The van der Waals surface area contributed by atoms with E-state index in [0.717, 1.165) is 29.1 Å². The second-order valence-corrected chi connectivity index (χ2v) is 8.66. The van der Waals surface area contributed by atoms with Crippen molar-refractivity contribution in [3.63, 3.8) is 0 Å². The standard InChI is InChI=1S/C26H29F2N5O2.C2H6/c1-16(2)22-7-8-33(31-22)26-11-24(18(5)12-30-26)32(15-34)19(6)9-25(17(3)4)35-14-23-21(28)10-20(27)13-29-23;1-2/h7-13,15-16H,14H2,1-6H3;1-2H3/b19-9-;. The summed E-state index contributed by atoms with van der Waals surface area (Å²) in [5.41, 5.74) is 3.74. The van der Waals surface area contributed by atoms with Crippen LogP contribution in [0.15, 0.2) is 59.9 Å². The zero-order valence-electron chi connectivity index (χ0n) is 22.7. The van der Waals surface area contributed by atoms with Crippen molar-refractivity contribution in [2.75, 3.05) is 4.90 Å². The minimum atomic E-state index is -0.785.